The molecule has 0 radical (unpaired) electrons. The van der Waals surface area contributed by atoms with E-state index >= 15 is 0 Å². The lowest BCUT2D eigenvalue weighted by molar-refractivity contribution is -0.144. The molecule has 0 unspecified atom stereocenters. The number of halogens is 4. The van der Waals surface area contributed by atoms with Crippen LogP contribution in [0, 0.1) is 0 Å². The Bertz CT molecular complexity index is 881. The fourth-order valence-corrected chi connectivity index (χ4v) is 2.65. The second-order valence-corrected chi connectivity index (χ2v) is 6.28. The van der Waals surface area contributed by atoms with Gasteiger partial charge in [-0.15, -0.1) is 0 Å². The average Bonchev–Trinajstić information content (AvgIpc) is 2.64. The number of nitrogens with one attached hydrogen (secondary N) is 1. The van der Waals surface area contributed by atoms with Crippen molar-refractivity contribution in [2.45, 2.75) is 19.1 Å². The number of ether oxygens (including phenoxy) is 1. The van der Waals surface area contributed by atoms with Crippen LogP contribution in [-0.2, 0) is 20.5 Å². The van der Waals surface area contributed by atoms with Crippen molar-refractivity contribution < 1.29 is 27.5 Å². The molecule has 2 rings (SSSR count). The first-order valence-corrected chi connectivity index (χ1v) is 8.60. The molecule has 0 aliphatic rings. The van der Waals surface area contributed by atoms with Gasteiger partial charge in [0.15, 0.2) is 6.61 Å². The zero-order valence-corrected chi connectivity index (χ0v) is 15.6. The molecular weight excluding hydrogens is 395 g/mol. The first-order valence-electron chi connectivity index (χ1n) is 8.22. The van der Waals surface area contributed by atoms with Gasteiger partial charge in [-0.3, -0.25) is 4.79 Å². The topological polar surface area (TPSA) is 55.4 Å². The maximum absolute atomic E-state index is 12.7. The summed E-state index contributed by atoms with van der Waals surface area (Å²) in [7, 11) is 0. The van der Waals surface area contributed by atoms with Crippen LogP contribution in [0.2, 0.25) is 5.02 Å². The van der Waals surface area contributed by atoms with Crippen LogP contribution in [-0.4, -0.2) is 18.5 Å². The van der Waals surface area contributed by atoms with Crippen molar-refractivity contribution in [2.75, 3.05) is 6.61 Å². The molecule has 1 atom stereocenters. The van der Waals surface area contributed by atoms with Gasteiger partial charge in [-0.2, -0.15) is 13.2 Å². The summed E-state index contributed by atoms with van der Waals surface area (Å²) in [5, 5.41) is 3.14. The Labute approximate surface area is 165 Å². The van der Waals surface area contributed by atoms with Crippen molar-refractivity contribution in [3.05, 3.63) is 76.3 Å². The quantitative estimate of drug-likeness (QED) is 0.549. The molecular formula is C20H17ClF3NO3. The van der Waals surface area contributed by atoms with Gasteiger partial charge < -0.3 is 10.1 Å². The molecule has 1 N–H and O–H groups in total. The summed E-state index contributed by atoms with van der Waals surface area (Å²) in [6.07, 6.45) is -2.33. The lowest BCUT2D eigenvalue weighted by Crippen LogP contribution is -2.31. The van der Waals surface area contributed by atoms with E-state index in [9.17, 15) is 22.8 Å². The first kappa shape index (κ1) is 21.5. The van der Waals surface area contributed by atoms with Crippen LogP contribution < -0.4 is 5.32 Å². The number of amides is 1. The van der Waals surface area contributed by atoms with Gasteiger partial charge in [0.1, 0.15) is 0 Å². The number of alkyl halides is 3. The Morgan fingerprint density at radius 2 is 1.89 bits per heavy atom. The molecule has 0 fully saturated rings. The van der Waals surface area contributed by atoms with E-state index in [1.807, 2.05) is 0 Å². The fraction of sp³-hybridized carbons (Fsp3) is 0.200. The van der Waals surface area contributed by atoms with Crippen molar-refractivity contribution in [1.29, 1.82) is 0 Å². The largest absolute Gasteiger partial charge is 0.452 e. The minimum Gasteiger partial charge on any atom is -0.452 e. The minimum absolute atomic E-state index is 0.184. The van der Waals surface area contributed by atoms with Gasteiger partial charge in [-0.25, -0.2) is 4.79 Å². The van der Waals surface area contributed by atoms with E-state index in [-0.39, 0.29) is 11.6 Å². The maximum Gasteiger partial charge on any atom is 0.416 e. The van der Waals surface area contributed by atoms with E-state index in [1.165, 1.54) is 18.2 Å². The third kappa shape index (κ3) is 6.42. The van der Waals surface area contributed by atoms with Crippen LogP contribution >= 0.6 is 11.6 Å². The molecule has 2 aromatic carbocycles. The lowest BCUT2D eigenvalue weighted by Gasteiger charge is -2.15. The highest BCUT2D eigenvalue weighted by Crippen LogP contribution is 2.29. The van der Waals surface area contributed by atoms with E-state index in [4.69, 9.17) is 16.3 Å². The van der Waals surface area contributed by atoms with Crippen molar-refractivity contribution in [3.63, 3.8) is 0 Å². The van der Waals surface area contributed by atoms with Gasteiger partial charge >= 0.3 is 12.1 Å². The Kier molecular flexibility index (Phi) is 7.23. The maximum atomic E-state index is 12.7. The molecule has 0 aliphatic carbocycles. The summed E-state index contributed by atoms with van der Waals surface area (Å²) < 4.78 is 42.8. The van der Waals surface area contributed by atoms with Gasteiger partial charge in [0, 0.05) is 11.1 Å². The Morgan fingerprint density at radius 1 is 1.18 bits per heavy atom. The van der Waals surface area contributed by atoms with E-state index in [0.717, 1.165) is 18.2 Å². The van der Waals surface area contributed by atoms with E-state index in [1.54, 1.807) is 31.2 Å². The van der Waals surface area contributed by atoms with Crippen LogP contribution in [0.15, 0.2) is 54.6 Å². The van der Waals surface area contributed by atoms with Crippen LogP contribution in [0.25, 0.3) is 6.08 Å². The zero-order valence-electron chi connectivity index (χ0n) is 14.8. The normalized spacial score (nSPS) is 12.6. The predicted octanol–water partition coefficient (Wildman–Crippen LogP) is 4.79. The smallest absolute Gasteiger partial charge is 0.416 e. The van der Waals surface area contributed by atoms with Crippen molar-refractivity contribution in [3.8, 4) is 0 Å². The standard InChI is InChI=1S/C20H17ClF3NO3/c1-13(16-7-2-3-8-17(16)21)25-18(26)12-28-19(27)10-9-14-5-4-6-15(11-14)20(22,23)24/h2-11,13H,12H2,1H3,(H,25,26)/b10-9+/t13-/m1/s1. The molecule has 0 spiro atoms. The SMILES string of the molecule is C[C@@H](NC(=O)COC(=O)/C=C/c1cccc(C(F)(F)F)c1)c1ccccc1Cl. The number of carbonyl (C=O) groups is 2. The first-order chi connectivity index (χ1) is 13.2. The Morgan fingerprint density at radius 3 is 2.57 bits per heavy atom. The molecule has 0 aliphatic heterocycles. The molecule has 8 heteroatoms. The molecule has 4 nitrogen and oxygen atoms in total. The van der Waals surface area contributed by atoms with E-state index in [0.29, 0.717) is 10.6 Å². The molecule has 2 aromatic rings. The summed E-state index contributed by atoms with van der Waals surface area (Å²) in [5.41, 5.74) is 0.0767. The molecule has 1 amide bonds. The van der Waals surface area contributed by atoms with Crippen LogP contribution in [0.3, 0.4) is 0 Å². The molecule has 28 heavy (non-hydrogen) atoms. The summed E-state index contributed by atoms with van der Waals surface area (Å²) in [6, 6.07) is 11.1. The number of hydrogen-bond donors (Lipinski definition) is 1. The molecule has 148 valence electrons. The highest BCUT2D eigenvalue weighted by atomic mass is 35.5. The third-order valence-corrected chi connectivity index (χ3v) is 4.06. The van der Waals surface area contributed by atoms with Crippen LogP contribution in [0.5, 0.6) is 0 Å². The lowest BCUT2D eigenvalue weighted by atomic mass is 10.1. The summed E-state index contributed by atoms with van der Waals surface area (Å²) >= 11 is 6.05. The summed E-state index contributed by atoms with van der Waals surface area (Å²) in [6.45, 7) is 1.20. The predicted molar refractivity (Wildman–Crippen MR) is 99.4 cm³/mol. The molecule has 0 heterocycles. The number of benzene rings is 2. The van der Waals surface area contributed by atoms with Gasteiger partial charge in [-0.1, -0.05) is 41.9 Å². The van der Waals surface area contributed by atoms with Gasteiger partial charge in [-0.05, 0) is 42.3 Å². The highest BCUT2D eigenvalue weighted by molar-refractivity contribution is 6.31. The molecule has 0 saturated carbocycles. The van der Waals surface area contributed by atoms with E-state index < -0.39 is 30.2 Å². The van der Waals surface area contributed by atoms with Crippen molar-refractivity contribution in [1.82, 2.24) is 5.32 Å². The van der Waals surface area contributed by atoms with Crippen molar-refractivity contribution in [2.24, 2.45) is 0 Å². The van der Waals surface area contributed by atoms with Crippen LogP contribution in [0.1, 0.15) is 29.7 Å². The Balaban J connectivity index is 1.86. The average molecular weight is 412 g/mol. The summed E-state index contributed by atoms with van der Waals surface area (Å²) in [4.78, 5) is 23.6. The zero-order chi connectivity index (χ0) is 20.7. The number of carbonyl (C=O) groups excluding carboxylic acids is 2. The van der Waals surface area contributed by atoms with Crippen molar-refractivity contribution >= 4 is 29.6 Å². The monoisotopic (exact) mass is 411 g/mol. The fourth-order valence-electron chi connectivity index (χ4n) is 2.35. The Hall–Kier alpha value is -2.80. The highest BCUT2D eigenvalue weighted by Gasteiger charge is 2.30. The molecule has 0 bridgehead atoms. The number of rotatable bonds is 6. The third-order valence-electron chi connectivity index (χ3n) is 3.72. The second-order valence-electron chi connectivity index (χ2n) is 5.87. The van der Waals surface area contributed by atoms with Gasteiger partial charge in [0.25, 0.3) is 5.91 Å². The van der Waals surface area contributed by atoms with Gasteiger partial charge in [0.2, 0.25) is 0 Å². The number of hydrogen-bond acceptors (Lipinski definition) is 3. The van der Waals surface area contributed by atoms with Gasteiger partial charge in [0.05, 0.1) is 11.6 Å². The minimum atomic E-state index is -4.47. The summed E-state index contributed by atoms with van der Waals surface area (Å²) in [5.74, 6) is -1.38. The van der Waals surface area contributed by atoms with E-state index in [2.05, 4.69) is 5.32 Å². The molecule has 0 aromatic heterocycles. The molecule has 0 saturated heterocycles. The second kappa shape index (κ2) is 9.41. The van der Waals surface area contributed by atoms with Crippen LogP contribution in [0.4, 0.5) is 13.2 Å². The number of esters is 1.